The van der Waals surface area contributed by atoms with E-state index in [2.05, 4.69) is 0 Å². The van der Waals surface area contributed by atoms with Crippen LogP contribution in [0.2, 0.25) is 0 Å². The number of fused-ring (bicyclic) bond motifs is 1. The van der Waals surface area contributed by atoms with Crippen LogP contribution in [-0.4, -0.2) is 40.1 Å². The second-order valence-electron chi connectivity index (χ2n) is 7.55. The predicted octanol–water partition coefficient (Wildman–Crippen LogP) is 3.60. The summed E-state index contributed by atoms with van der Waals surface area (Å²) in [5, 5.41) is 9.49. The van der Waals surface area contributed by atoms with Crippen molar-refractivity contribution >= 4 is 11.9 Å². The lowest BCUT2D eigenvalue weighted by Crippen LogP contribution is -2.49. The molecule has 0 aromatic carbocycles. The molecule has 1 saturated heterocycles. The summed E-state index contributed by atoms with van der Waals surface area (Å²) >= 11 is 0. The SMILES string of the molecule is O=C(O)C1CC2CCCCC2N1C(=O)C1CCCC(C(F)(F)F)C1. The van der Waals surface area contributed by atoms with Gasteiger partial charge in [-0.15, -0.1) is 0 Å². The van der Waals surface area contributed by atoms with Gasteiger partial charge < -0.3 is 10.0 Å². The lowest BCUT2D eigenvalue weighted by molar-refractivity contribution is -0.188. The second kappa shape index (κ2) is 6.56. The summed E-state index contributed by atoms with van der Waals surface area (Å²) in [7, 11) is 0. The number of carboxylic acids is 1. The number of aliphatic carboxylic acids is 1. The van der Waals surface area contributed by atoms with Gasteiger partial charge in [-0.3, -0.25) is 4.79 Å². The standard InChI is InChI=1S/C17H24F3NO3/c18-17(19,20)12-6-3-5-11(8-12)15(22)21-13-7-2-1-4-10(13)9-14(21)16(23)24/h10-14H,1-9H2,(H,23,24). The minimum atomic E-state index is -4.27. The van der Waals surface area contributed by atoms with Gasteiger partial charge in [0.15, 0.2) is 0 Å². The molecule has 0 aromatic heterocycles. The van der Waals surface area contributed by atoms with Crippen molar-refractivity contribution < 1.29 is 27.9 Å². The molecule has 7 heteroatoms. The Balaban J connectivity index is 1.77. The van der Waals surface area contributed by atoms with Crippen molar-refractivity contribution in [1.82, 2.24) is 4.90 Å². The van der Waals surface area contributed by atoms with E-state index in [0.29, 0.717) is 19.3 Å². The number of rotatable bonds is 2. The number of carbonyl (C=O) groups excluding carboxylic acids is 1. The van der Waals surface area contributed by atoms with Gasteiger partial charge in [0, 0.05) is 12.0 Å². The molecular weight excluding hydrogens is 323 g/mol. The van der Waals surface area contributed by atoms with Crippen LogP contribution in [0.25, 0.3) is 0 Å². The lowest BCUT2D eigenvalue weighted by Gasteiger charge is -2.37. The average Bonchev–Trinajstić information content (AvgIpc) is 2.93. The summed E-state index contributed by atoms with van der Waals surface area (Å²) < 4.78 is 39.0. The summed E-state index contributed by atoms with van der Waals surface area (Å²) in [4.78, 5) is 26.0. The van der Waals surface area contributed by atoms with E-state index >= 15 is 0 Å². The molecule has 0 aromatic rings. The summed E-state index contributed by atoms with van der Waals surface area (Å²) in [6.07, 6.45) is 0.534. The van der Waals surface area contributed by atoms with Crippen LogP contribution >= 0.6 is 0 Å². The Morgan fingerprint density at radius 1 is 0.958 bits per heavy atom. The van der Waals surface area contributed by atoms with Crippen molar-refractivity contribution in [3.63, 3.8) is 0 Å². The molecule has 3 fully saturated rings. The molecule has 2 aliphatic carbocycles. The molecule has 0 radical (unpaired) electrons. The Bertz CT molecular complexity index is 508. The Labute approximate surface area is 139 Å². The van der Waals surface area contributed by atoms with Crippen molar-refractivity contribution in [2.75, 3.05) is 0 Å². The maximum absolute atomic E-state index is 13.0. The number of likely N-dealkylation sites (tertiary alicyclic amines) is 1. The van der Waals surface area contributed by atoms with Crippen LogP contribution in [0.5, 0.6) is 0 Å². The van der Waals surface area contributed by atoms with Gasteiger partial charge in [0.1, 0.15) is 6.04 Å². The van der Waals surface area contributed by atoms with Gasteiger partial charge in [0.25, 0.3) is 0 Å². The maximum Gasteiger partial charge on any atom is 0.391 e. The molecule has 136 valence electrons. The summed E-state index contributed by atoms with van der Waals surface area (Å²) in [5.41, 5.74) is 0. The molecule has 5 atom stereocenters. The number of carboxylic acid groups (broad SMARTS) is 1. The highest BCUT2D eigenvalue weighted by Gasteiger charge is 2.50. The molecule has 5 unspecified atom stereocenters. The molecule has 1 heterocycles. The number of carbonyl (C=O) groups is 2. The third kappa shape index (κ3) is 3.26. The van der Waals surface area contributed by atoms with Crippen molar-refractivity contribution in [1.29, 1.82) is 0 Å². The van der Waals surface area contributed by atoms with E-state index in [0.717, 1.165) is 25.7 Å². The molecule has 0 spiro atoms. The largest absolute Gasteiger partial charge is 0.480 e. The van der Waals surface area contributed by atoms with Crippen LogP contribution in [0.4, 0.5) is 13.2 Å². The first-order valence-corrected chi connectivity index (χ1v) is 8.90. The second-order valence-corrected chi connectivity index (χ2v) is 7.55. The third-order valence-electron chi connectivity index (χ3n) is 6.11. The minimum Gasteiger partial charge on any atom is -0.480 e. The number of hydrogen-bond acceptors (Lipinski definition) is 2. The van der Waals surface area contributed by atoms with Gasteiger partial charge in [-0.25, -0.2) is 4.79 Å². The number of nitrogens with zero attached hydrogens (tertiary/aromatic N) is 1. The van der Waals surface area contributed by atoms with Crippen LogP contribution < -0.4 is 0 Å². The van der Waals surface area contributed by atoms with Crippen LogP contribution in [-0.2, 0) is 9.59 Å². The first-order chi connectivity index (χ1) is 11.3. The Hall–Kier alpha value is -1.27. The third-order valence-corrected chi connectivity index (χ3v) is 6.11. The molecule has 0 bridgehead atoms. The van der Waals surface area contributed by atoms with Gasteiger partial charge in [-0.2, -0.15) is 13.2 Å². The highest BCUT2D eigenvalue weighted by atomic mass is 19.4. The van der Waals surface area contributed by atoms with Gasteiger partial charge in [0.05, 0.1) is 5.92 Å². The smallest absolute Gasteiger partial charge is 0.391 e. The topological polar surface area (TPSA) is 57.6 Å². The zero-order valence-corrected chi connectivity index (χ0v) is 13.6. The van der Waals surface area contributed by atoms with Crippen LogP contribution in [0, 0.1) is 17.8 Å². The van der Waals surface area contributed by atoms with Crippen LogP contribution in [0.1, 0.15) is 57.8 Å². The molecule has 1 aliphatic heterocycles. The maximum atomic E-state index is 13.0. The summed E-state index contributed by atoms with van der Waals surface area (Å²) in [6, 6.07) is -0.963. The first kappa shape index (κ1) is 17.5. The van der Waals surface area contributed by atoms with Gasteiger partial charge in [-0.1, -0.05) is 19.3 Å². The highest BCUT2D eigenvalue weighted by molar-refractivity contribution is 5.86. The number of alkyl halides is 3. The highest BCUT2D eigenvalue weighted by Crippen LogP contribution is 2.44. The molecule has 1 N–H and O–H groups in total. The quantitative estimate of drug-likeness (QED) is 0.830. The van der Waals surface area contributed by atoms with Crippen molar-refractivity contribution in [3.05, 3.63) is 0 Å². The molecule has 4 nitrogen and oxygen atoms in total. The normalized spacial score (nSPS) is 37.1. The van der Waals surface area contributed by atoms with Crippen LogP contribution in [0.15, 0.2) is 0 Å². The molecule has 3 aliphatic rings. The van der Waals surface area contributed by atoms with E-state index in [-0.39, 0.29) is 30.7 Å². The Morgan fingerprint density at radius 3 is 2.33 bits per heavy atom. The van der Waals surface area contributed by atoms with E-state index in [9.17, 15) is 27.9 Å². The monoisotopic (exact) mass is 347 g/mol. The van der Waals surface area contributed by atoms with E-state index in [1.807, 2.05) is 0 Å². The fourth-order valence-electron chi connectivity index (χ4n) is 4.92. The lowest BCUT2D eigenvalue weighted by atomic mass is 9.79. The minimum absolute atomic E-state index is 0.0711. The van der Waals surface area contributed by atoms with Gasteiger partial charge in [-0.05, 0) is 44.4 Å². The molecular formula is C17H24F3NO3. The van der Waals surface area contributed by atoms with Crippen molar-refractivity contribution in [3.8, 4) is 0 Å². The van der Waals surface area contributed by atoms with Crippen molar-refractivity contribution in [2.45, 2.75) is 76.0 Å². The zero-order chi connectivity index (χ0) is 17.5. The summed E-state index contributed by atoms with van der Waals surface area (Å²) in [6.45, 7) is 0. The Morgan fingerprint density at radius 2 is 1.67 bits per heavy atom. The van der Waals surface area contributed by atoms with E-state index in [4.69, 9.17) is 0 Å². The van der Waals surface area contributed by atoms with Gasteiger partial charge in [0.2, 0.25) is 5.91 Å². The molecule has 24 heavy (non-hydrogen) atoms. The van der Waals surface area contributed by atoms with Gasteiger partial charge >= 0.3 is 12.1 Å². The molecule has 1 amide bonds. The molecule has 2 saturated carbocycles. The van der Waals surface area contributed by atoms with Crippen molar-refractivity contribution in [2.24, 2.45) is 17.8 Å². The fraction of sp³-hybridized carbons (Fsp3) is 0.882. The fourth-order valence-corrected chi connectivity index (χ4v) is 4.92. The van der Waals surface area contributed by atoms with Crippen LogP contribution in [0.3, 0.4) is 0 Å². The Kier molecular flexibility index (Phi) is 4.80. The first-order valence-electron chi connectivity index (χ1n) is 8.90. The average molecular weight is 347 g/mol. The predicted molar refractivity (Wildman–Crippen MR) is 80.1 cm³/mol. The number of amides is 1. The van der Waals surface area contributed by atoms with E-state index in [1.165, 1.54) is 4.90 Å². The zero-order valence-electron chi connectivity index (χ0n) is 13.6. The van der Waals surface area contributed by atoms with E-state index < -0.39 is 30.0 Å². The molecule has 3 rings (SSSR count). The summed E-state index contributed by atoms with van der Waals surface area (Å²) in [5.74, 6) is -3.32. The number of hydrogen-bond donors (Lipinski definition) is 1. The number of halogens is 3. The van der Waals surface area contributed by atoms with E-state index in [1.54, 1.807) is 0 Å².